The summed E-state index contributed by atoms with van der Waals surface area (Å²) in [7, 11) is 0. The number of aliphatic hydroxyl groups is 1. The van der Waals surface area contributed by atoms with Crippen LogP contribution in [0.5, 0.6) is 0 Å². The van der Waals surface area contributed by atoms with Crippen LogP contribution in [-0.4, -0.2) is 17.1 Å². The van der Waals surface area contributed by atoms with Crippen molar-refractivity contribution in [2.24, 2.45) is 11.3 Å². The van der Waals surface area contributed by atoms with Gasteiger partial charge < -0.3 is 14.8 Å². The van der Waals surface area contributed by atoms with Gasteiger partial charge in [-0.05, 0) is 44.2 Å². The zero-order valence-corrected chi connectivity index (χ0v) is 14.0. The second-order valence-corrected chi connectivity index (χ2v) is 7.23. The first-order chi connectivity index (χ1) is 10.4. The summed E-state index contributed by atoms with van der Waals surface area (Å²) in [4.78, 5) is 12.8. The van der Waals surface area contributed by atoms with Crippen LogP contribution in [-0.2, 0) is 4.79 Å². The molecule has 0 aromatic carbocycles. The van der Waals surface area contributed by atoms with E-state index in [0.717, 1.165) is 32.1 Å². The van der Waals surface area contributed by atoms with Gasteiger partial charge in [0.05, 0.1) is 6.26 Å². The van der Waals surface area contributed by atoms with Crippen LogP contribution in [0.25, 0.3) is 0 Å². The number of hydrogen-bond acceptors (Lipinski definition) is 3. The van der Waals surface area contributed by atoms with Gasteiger partial charge in [-0.3, -0.25) is 4.79 Å². The molecule has 0 bridgehead atoms. The van der Waals surface area contributed by atoms with Gasteiger partial charge >= 0.3 is 0 Å². The number of amides is 1. The Kier molecular flexibility index (Phi) is 5.68. The van der Waals surface area contributed by atoms with E-state index in [1.54, 1.807) is 18.4 Å². The van der Waals surface area contributed by atoms with E-state index in [0.29, 0.717) is 18.1 Å². The van der Waals surface area contributed by atoms with Crippen LogP contribution >= 0.6 is 0 Å². The van der Waals surface area contributed by atoms with E-state index in [2.05, 4.69) is 19.2 Å². The lowest BCUT2D eigenvalue weighted by Crippen LogP contribution is -2.44. The third kappa shape index (κ3) is 4.13. The monoisotopic (exact) mass is 307 g/mol. The van der Waals surface area contributed by atoms with Crippen molar-refractivity contribution in [1.82, 2.24) is 5.32 Å². The van der Waals surface area contributed by atoms with Crippen molar-refractivity contribution in [2.75, 3.05) is 0 Å². The van der Waals surface area contributed by atoms with Crippen LogP contribution < -0.4 is 5.32 Å². The molecule has 2 unspecified atom stereocenters. The highest BCUT2D eigenvalue weighted by Crippen LogP contribution is 2.43. The van der Waals surface area contributed by atoms with E-state index in [9.17, 15) is 9.90 Å². The molecule has 1 aliphatic rings. The number of hydrogen-bond donors (Lipinski definition) is 2. The predicted octanol–water partition coefficient (Wildman–Crippen LogP) is 3.81. The Labute approximate surface area is 133 Å². The Morgan fingerprint density at radius 2 is 2.05 bits per heavy atom. The molecule has 1 fully saturated rings. The fraction of sp³-hybridized carbons (Fsp3) is 0.722. The number of carbonyl (C=O) groups is 1. The Balaban J connectivity index is 1.92. The van der Waals surface area contributed by atoms with Gasteiger partial charge in [0.15, 0.2) is 0 Å². The molecular formula is C18H29NO3. The van der Waals surface area contributed by atoms with Gasteiger partial charge in [-0.15, -0.1) is 0 Å². The maximum atomic E-state index is 12.8. The molecule has 22 heavy (non-hydrogen) atoms. The largest absolute Gasteiger partial charge is 0.467 e. The van der Waals surface area contributed by atoms with Crippen molar-refractivity contribution in [3.8, 4) is 0 Å². The Hall–Kier alpha value is -1.29. The van der Waals surface area contributed by atoms with Crippen molar-refractivity contribution < 1.29 is 14.3 Å². The smallest absolute Gasteiger partial charge is 0.226 e. The number of aliphatic hydroxyl groups excluding tert-OH is 1. The summed E-state index contributed by atoms with van der Waals surface area (Å²) in [6.07, 6.45) is 6.57. The van der Waals surface area contributed by atoms with Crippen LogP contribution in [0.4, 0.5) is 0 Å². The molecule has 0 spiro atoms. The number of nitrogens with one attached hydrogen (secondary N) is 1. The first-order valence-electron chi connectivity index (χ1n) is 8.45. The van der Waals surface area contributed by atoms with Gasteiger partial charge in [0.25, 0.3) is 0 Å². The summed E-state index contributed by atoms with van der Waals surface area (Å²) in [5.41, 5.74) is -0.196. The highest BCUT2D eigenvalue weighted by molar-refractivity contribution is 5.83. The number of carbonyl (C=O) groups excluding carboxylic acids is 1. The lowest BCUT2D eigenvalue weighted by molar-refractivity contribution is -0.132. The van der Waals surface area contributed by atoms with Crippen LogP contribution in [0, 0.1) is 11.3 Å². The summed E-state index contributed by atoms with van der Waals surface area (Å²) < 4.78 is 5.21. The minimum atomic E-state index is -0.671. The van der Waals surface area contributed by atoms with Crippen molar-refractivity contribution >= 4 is 5.91 Å². The summed E-state index contributed by atoms with van der Waals surface area (Å²) in [5, 5.41) is 13.2. The molecule has 0 saturated heterocycles. The van der Waals surface area contributed by atoms with Crippen molar-refractivity contribution in [2.45, 2.75) is 71.4 Å². The van der Waals surface area contributed by atoms with Gasteiger partial charge in [0.1, 0.15) is 11.9 Å². The molecule has 1 aromatic heterocycles. The van der Waals surface area contributed by atoms with Gasteiger partial charge in [-0.1, -0.05) is 26.7 Å². The van der Waals surface area contributed by atoms with E-state index in [-0.39, 0.29) is 17.4 Å². The standard InChI is InChI=1S/C18H29NO3/c1-13(2)12-18(8-4-5-9-18)17(21)19-14(3)11-15(20)16-7-6-10-22-16/h6-7,10,13-15,20H,4-5,8-9,11-12H2,1-3H3,(H,19,21). The number of furan rings is 1. The average Bonchev–Trinajstić information content (AvgIpc) is 3.08. The van der Waals surface area contributed by atoms with Crippen molar-refractivity contribution in [3.05, 3.63) is 24.2 Å². The maximum Gasteiger partial charge on any atom is 0.226 e. The third-order valence-electron chi connectivity index (χ3n) is 4.67. The van der Waals surface area contributed by atoms with Gasteiger partial charge in [0.2, 0.25) is 5.91 Å². The maximum absolute atomic E-state index is 12.8. The molecular weight excluding hydrogens is 278 g/mol. The van der Waals surface area contributed by atoms with Crippen LogP contribution in [0.2, 0.25) is 0 Å². The van der Waals surface area contributed by atoms with E-state index in [4.69, 9.17) is 4.42 Å². The molecule has 4 nitrogen and oxygen atoms in total. The second kappa shape index (κ2) is 7.32. The quantitative estimate of drug-likeness (QED) is 0.805. The minimum absolute atomic E-state index is 0.0720. The molecule has 0 aliphatic heterocycles. The predicted molar refractivity (Wildman–Crippen MR) is 86.2 cm³/mol. The first kappa shape index (κ1) is 17.1. The SMILES string of the molecule is CC(C)CC1(C(=O)NC(C)CC(O)c2ccco2)CCCC1. The minimum Gasteiger partial charge on any atom is -0.467 e. The molecule has 2 rings (SSSR count). The zero-order chi connectivity index (χ0) is 16.2. The fourth-order valence-corrected chi connectivity index (χ4v) is 3.72. The summed E-state index contributed by atoms with van der Waals surface area (Å²) in [6, 6.07) is 3.45. The topological polar surface area (TPSA) is 62.5 Å². The molecule has 1 aliphatic carbocycles. The van der Waals surface area contributed by atoms with Crippen molar-refractivity contribution in [1.29, 1.82) is 0 Å². The van der Waals surface area contributed by atoms with Crippen LogP contribution in [0.15, 0.2) is 22.8 Å². The van der Waals surface area contributed by atoms with E-state index < -0.39 is 6.10 Å². The fourth-order valence-electron chi connectivity index (χ4n) is 3.72. The molecule has 2 atom stereocenters. The lowest BCUT2D eigenvalue weighted by Gasteiger charge is -2.31. The summed E-state index contributed by atoms with van der Waals surface area (Å²) in [5.74, 6) is 1.24. The molecule has 2 N–H and O–H groups in total. The zero-order valence-electron chi connectivity index (χ0n) is 14.0. The van der Waals surface area contributed by atoms with Crippen LogP contribution in [0.1, 0.15) is 71.2 Å². The Bertz CT molecular complexity index is 461. The van der Waals surface area contributed by atoms with Gasteiger partial charge in [-0.2, -0.15) is 0 Å². The van der Waals surface area contributed by atoms with E-state index in [1.165, 1.54) is 0 Å². The van der Waals surface area contributed by atoms with E-state index in [1.807, 2.05) is 6.92 Å². The van der Waals surface area contributed by atoms with Crippen molar-refractivity contribution in [3.63, 3.8) is 0 Å². The lowest BCUT2D eigenvalue weighted by atomic mass is 9.77. The number of rotatable bonds is 7. The molecule has 1 aromatic rings. The van der Waals surface area contributed by atoms with Gasteiger partial charge in [-0.25, -0.2) is 0 Å². The third-order valence-corrected chi connectivity index (χ3v) is 4.67. The normalized spacial score (nSPS) is 20.0. The highest BCUT2D eigenvalue weighted by Gasteiger charge is 2.41. The first-order valence-corrected chi connectivity index (χ1v) is 8.45. The Morgan fingerprint density at radius 1 is 1.36 bits per heavy atom. The molecule has 1 saturated carbocycles. The molecule has 1 amide bonds. The highest BCUT2D eigenvalue weighted by atomic mass is 16.4. The molecule has 1 heterocycles. The summed E-state index contributed by atoms with van der Waals surface area (Å²) >= 11 is 0. The molecule has 0 radical (unpaired) electrons. The van der Waals surface area contributed by atoms with E-state index >= 15 is 0 Å². The van der Waals surface area contributed by atoms with Gasteiger partial charge in [0, 0.05) is 17.9 Å². The van der Waals surface area contributed by atoms with Crippen LogP contribution in [0.3, 0.4) is 0 Å². The summed E-state index contributed by atoms with van der Waals surface area (Å²) in [6.45, 7) is 6.30. The second-order valence-electron chi connectivity index (χ2n) is 7.23. The Morgan fingerprint density at radius 3 is 2.59 bits per heavy atom. The molecule has 124 valence electrons. The average molecular weight is 307 g/mol. The molecule has 4 heteroatoms.